The van der Waals surface area contributed by atoms with Gasteiger partial charge in [0.15, 0.2) is 11.5 Å². The molecule has 7 heteroatoms. The molecule has 1 aromatic rings. The van der Waals surface area contributed by atoms with Crippen LogP contribution < -0.4 is 9.47 Å². The lowest BCUT2D eigenvalue weighted by atomic mass is 9.83. The van der Waals surface area contributed by atoms with Crippen LogP contribution in [-0.4, -0.2) is 48.9 Å². The van der Waals surface area contributed by atoms with E-state index in [1.165, 1.54) is 0 Å². The Hall–Kier alpha value is -2.28. The number of fused-ring (bicyclic) bond motifs is 1. The van der Waals surface area contributed by atoms with E-state index in [9.17, 15) is 14.7 Å². The Balaban J connectivity index is 2.03. The maximum atomic E-state index is 12.4. The number of methoxy groups -OCH3 is 1. The van der Waals surface area contributed by atoms with E-state index in [1.807, 2.05) is 0 Å². The molecule has 23 heavy (non-hydrogen) atoms. The third-order valence-corrected chi connectivity index (χ3v) is 4.31. The number of aliphatic carboxylic acids is 1. The molecule has 2 heterocycles. The van der Waals surface area contributed by atoms with Crippen molar-refractivity contribution in [3.63, 3.8) is 0 Å². The van der Waals surface area contributed by atoms with Crippen molar-refractivity contribution in [1.82, 2.24) is 4.90 Å². The Morgan fingerprint density at radius 3 is 3.00 bits per heavy atom. The zero-order valence-electron chi connectivity index (χ0n) is 12.9. The van der Waals surface area contributed by atoms with Crippen LogP contribution in [0, 0.1) is 5.92 Å². The van der Waals surface area contributed by atoms with E-state index in [1.54, 1.807) is 30.2 Å². The first-order chi connectivity index (χ1) is 11.1. The summed E-state index contributed by atoms with van der Waals surface area (Å²) in [5, 5.41) is 9.61. The van der Waals surface area contributed by atoms with Crippen molar-refractivity contribution >= 4 is 11.9 Å². The lowest BCUT2D eigenvalue weighted by Crippen LogP contribution is -2.46. The van der Waals surface area contributed by atoms with Crippen molar-refractivity contribution in [2.24, 2.45) is 5.92 Å². The highest BCUT2D eigenvalue weighted by molar-refractivity contribution is 5.82. The highest BCUT2D eigenvalue weighted by Gasteiger charge is 2.42. The molecule has 0 radical (unpaired) electrons. The second-order valence-corrected chi connectivity index (χ2v) is 5.59. The number of carbonyl (C=O) groups is 2. The quantitative estimate of drug-likeness (QED) is 0.883. The van der Waals surface area contributed by atoms with Crippen molar-refractivity contribution in [1.29, 1.82) is 0 Å². The Bertz CT molecular complexity index is 617. The van der Waals surface area contributed by atoms with Gasteiger partial charge in [0.05, 0.1) is 18.6 Å². The van der Waals surface area contributed by atoms with E-state index in [-0.39, 0.29) is 19.1 Å². The van der Waals surface area contributed by atoms with Gasteiger partial charge in [-0.3, -0.25) is 9.59 Å². The van der Waals surface area contributed by atoms with Crippen LogP contribution in [0.1, 0.15) is 24.4 Å². The van der Waals surface area contributed by atoms with E-state index in [0.29, 0.717) is 36.6 Å². The van der Waals surface area contributed by atoms with Gasteiger partial charge in [-0.2, -0.15) is 0 Å². The third-order valence-electron chi connectivity index (χ3n) is 4.31. The summed E-state index contributed by atoms with van der Waals surface area (Å²) in [5.74, 6) is -0.556. The van der Waals surface area contributed by atoms with Crippen LogP contribution >= 0.6 is 0 Å². The molecule has 2 aliphatic heterocycles. The number of nitrogens with zero attached hydrogens (tertiary/aromatic N) is 1. The first-order valence-electron chi connectivity index (χ1n) is 7.53. The number of carboxylic acid groups (broad SMARTS) is 1. The first-order valence-corrected chi connectivity index (χ1v) is 7.53. The minimum absolute atomic E-state index is 0.0685. The van der Waals surface area contributed by atoms with E-state index in [4.69, 9.17) is 14.2 Å². The molecule has 1 saturated heterocycles. The molecule has 124 valence electrons. The second-order valence-electron chi connectivity index (χ2n) is 5.59. The van der Waals surface area contributed by atoms with Gasteiger partial charge in [0.25, 0.3) is 0 Å². The van der Waals surface area contributed by atoms with E-state index >= 15 is 0 Å². The number of carbonyl (C=O) groups excluding carboxylic acids is 1. The number of piperidine rings is 1. The summed E-state index contributed by atoms with van der Waals surface area (Å²) in [6.45, 7) is 0.790. The summed E-state index contributed by atoms with van der Waals surface area (Å²) in [4.78, 5) is 25.7. The Kier molecular flexibility index (Phi) is 4.38. The predicted molar refractivity (Wildman–Crippen MR) is 79.3 cm³/mol. The van der Waals surface area contributed by atoms with E-state index in [2.05, 4.69) is 0 Å². The molecule has 0 aromatic heterocycles. The summed E-state index contributed by atoms with van der Waals surface area (Å²) >= 11 is 0. The largest absolute Gasteiger partial charge is 0.481 e. The van der Waals surface area contributed by atoms with Gasteiger partial charge in [0.2, 0.25) is 12.7 Å². The smallest absolute Gasteiger partial charge is 0.308 e. The maximum absolute atomic E-state index is 12.4. The topological polar surface area (TPSA) is 85.3 Å². The Morgan fingerprint density at radius 2 is 2.26 bits per heavy atom. The van der Waals surface area contributed by atoms with Gasteiger partial charge < -0.3 is 24.2 Å². The van der Waals surface area contributed by atoms with Crippen LogP contribution in [0.2, 0.25) is 0 Å². The lowest BCUT2D eigenvalue weighted by molar-refractivity contribution is -0.152. The molecule has 1 N–H and O–H groups in total. The average molecular weight is 321 g/mol. The number of carboxylic acids is 1. The molecule has 7 nitrogen and oxygen atoms in total. The molecule has 2 atom stereocenters. The van der Waals surface area contributed by atoms with Crippen LogP contribution in [0.25, 0.3) is 0 Å². The minimum Gasteiger partial charge on any atom is -0.481 e. The van der Waals surface area contributed by atoms with Gasteiger partial charge in [-0.1, -0.05) is 12.1 Å². The molecular weight excluding hydrogens is 302 g/mol. The van der Waals surface area contributed by atoms with E-state index < -0.39 is 17.9 Å². The SMILES string of the molecule is COCCN1C(=O)CC[C@@H](C(=O)O)[C@@H]1c1cccc2c1OCO2. The molecular formula is C16H19NO6. The van der Waals surface area contributed by atoms with Gasteiger partial charge in [-0.25, -0.2) is 0 Å². The number of amides is 1. The number of hydrogen-bond acceptors (Lipinski definition) is 5. The molecule has 2 aliphatic rings. The van der Waals surface area contributed by atoms with Gasteiger partial charge in [-0.05, 0) is 12.5 Å². The summed E-state index contributed by atoms with van der Waals surface area (Å²) in [5.41, 5.74) is 0.677. The molecule has 3 rings (SSSR count). The normalized spacial score (nSPS) is 23.2. The molecule has 1 aromatic carbocycles. The van der Waals surface area contributed by atoms with Crippen molar-refractivity contribution in [3.8, 4) is 11.5 Å². The summed E-state index contributed by atoms with van der Waals surface area (Å²) < 4.78 is 16.0. The molecule has 0 spiro atoms. The average Bonchev–Trinajstić information content (AvgIpc) is 3.01. The number of benzene rings is 1. The fourth-order valence-corrected chi connectivity index (χ4v) is 3.24. The zero-order valence-corrected chi connectivity index (χ0v) is 12.9. The fourth-order valence-electron chi connectivity index (χ4n) is 3.24. The van der Waals surface area contributed by atoms with Crippen LogP contribution in [-0.2, 0) is 14.3 Å². The molecule has 0 aliphatic carbocycles. The van der Waals surface area contributed by atoms with Crippen molar-refractivity contribution in [2.45, 2.75) is 18.9 Å². The predicted octanol–water partition coefficient (Wildman–Crippen LogP) is 1.43. The summed E-state index contributed by atoms with van der Waals surface area (Å²) in [6, 6.07) is 4.77. The van der Waals surface area contributed by atoms with Gasteiger partial charge in [0.1, 0.15) is 0 Å². The molecule has 1 fully saturated rings. The maximum Gasteiger partial charge on any atom is 0.308 e. The number of para-hydroxylation sites is 1. The molecule has 1 amide bonds. The number of ether oxygens (including phenoxy) is 3. The first kappa shape index (κ1) is 15.6. The molecule has 0 bridgehead atoms. The van der Waals surface area contributed by atoms with Crippen molar-refractivity contribution in [2.75, 3.05) is 27.1 Å². The van der Waals surface area contributed by atoms with Crippen molar-refractivity contribution in [3.05, 3.63) is 23.8 Å². The number of rotatable bonds is 5. The van der Waals surface area contributed by atoms with Crippen LogP contribution in [0.15, 0.2) is 18.2 Å². The second kappa shape index (κ2) is 6.45. The van der Waals surface area contributed by atoms with Gasteiger partial charge >= 0.3 is 5.97 Å². The number of likely N-dealkylation sites (tertiary alicyclic amines) is 1. The van der Waals surface area contributed by atoms with Crippen LogP contribution in [0.3, 0.4) is 0 Å². The zero-order chi connectivity index (χ0) is 16.4. The highest BCUT2D eigenvalue weighted by Crippen LogP contribution is 2.45. The molecule has 0 unspecified atom stereocenters. The lowest BCUT2D eigenvalue weighted by Gasteiger charge is -2.39. The standard InChI is InChI=1S/C16H19NO6/c1-21-8-7-17-13(18)6-5-11(16(19)20)14(17)10-3-2-4-12-15(10)23-9-22-12/h2-4,11,14H,5-9H2,1H3,(H,19,20)/t11-,14+/m1/s1. The van der Waals surface area contributed by atoms with Crippen LogP contribution in [0.5, 0.6) is 11.5 Å². The van der Waals surface area contributed by atoms with Gasteiger partial charge in [-0.15, -0.1) is 0 Å². The molecule has 0 saturated carbocycles. The van der Waals surface area contributed by atoms with Gasteiger partial charge in [0, 0.05) is 25.6 Å². The minimum atomic E-state index is -0.915. The fraction of sp³-hybridized carbons (Fsp3) is 0.500. The highest BCUT2D eigenvalue weighted by atomic mass is 16.7. The van der Waals surface area contributed by atoms with Crippen molar-refractivity contribution < 1.29 is 28.9 Å². The number of hydrogen-bond donors (Lipinski definition) is 1. The Labute approximate surface area is 133 Å². The van der Waals surface area contributed by atoms with Crippen LogP contribution in [0.4, 0.5) is 0 Å². The third kappa shape index (κ3) is 2.84. The Morgan fingerprint density at radius 1 is 1.43 bits per heavy atom. The van der Waals surface area contributed by atoms with E-state index in [0.717, 1.165) is 0 Å². The monoisotopic (exact) mass is 321 g/mol. The summed E-state index contributed by atoms with van der Waals surface area (Å²) in [7, 11) is 1.55. The summed E-state index contributed by atoms with van der Waals surface area (Å²) in [6.07, 6.45) is 0.538.